The number of para-hydroxylation sites is 2. The molecule has 0 N–H and O–H groups in total. The topological polar surface area (TPSA) is 64.8 Å². The molecule has 0 aliphatic rings. The summed E-state index contributed by atoms with van der Waals surface area (Å²) in [5, 5.41) is 0.966. The summed E-state index contributed by atoms with van der Waals surface area (Å²) in [7, 11) is -3.14. The van der Waals surface area contributed by atoms with Crippen molar-refractivity contribution in [2.45, 2.75) is 26.1 Å². The summed E-state index contributed by atoms with van der Waals surface area (Å²) in [4.78, 5) is 10.2. The third kappa shape index (κ3) is 3.05. The summed E-state index contributed by atoms with van der Waals surface area (Å²) in [6, 6.07) is 7.70. The number of imidazole rings is 1. The third-order valence-electron chi connectivity index (χ3n) is 3.49. The van der Waals surface area contributed by atoms with Crippen molar-refractivity contribution in [3.63, 3.8) is 0 Å². The molecule has 116 valence electrons. The Labute approximate surface area is 133 Å². The zero-order chi connectivity index (χ0) is 15.9. The maximum Gasteiger partial charge on any atom is 0.154 e. The Kier molecular flexibility index (Phi) is 3.78. The Morgan fingerprint density at radius 2 is 1.91 bits per heavy atom. The van der Waals surface area contributed by atoms with E-state index in [1.165, 1.54) is 11.1 Å². The minimum absolute atomic E-state index is 0.0645. The van der Waals surface area contributed by atoms with Crippen LogP contribution in [0.25, 0.3) is 11.0 Å². The Bertz CT molecular complexity index is 920. The van der Waals surface area contributed by atoms with Gasteiger partial charge in [-0.25, -0.2) is 18.4 Å². The second-order valence-corrected chi connectivity index (χ2v) is 8.85. The number of nitrogens with zero attached hydrogens (tertiary/aromatic N) is 3. The Morgan fingerprint density at radius 3 is 2.55 bits per heavy atom. The van der Waals surface area contributed by atoms with E-state index in [0.29, 0.717) is 12.4 Å². The van der Waals surface area contributed by atoms with Gasteiger partial charge in [0.2, 0.25) is 0 Å². The number of aromatic nitrogens is 3. The fraction of sp³-hybridized carbons (Fsp3) is 0.333. The number of hydrogen-bond acceptors (Lipinski definition) is 5. The van der Waals surface area contributed by atoms with Gasteiger partial charge < -0.3 is 4.57 Å². The fourth-order valence-electron chi connectivity index (χ4n) is 2.39. The first-order valence-electron chi connectivity index (χ1n) is 6.88. The molecule has 0 saturated heterocycles. The van der Waals surface area contributed by atoms with Crippen LogP contribution in [0.3, 0.4) is 0 Å². The molecule has 0 aliphatic carbocycles. The van der Waals surface area contributed by atoms with Gasteiger partial charge in [-0.3, -0.25) is 0 Å². The second-order valence-electron chi connectivity index (χ2n) is 5.42. The van der Waals surface area contributed by atoms with Gasteiger partial charge in [0.05, 0.1) is 23.3 Å². The molecule has 3 aromatic rings. The average molecular weight is 335 g/mol. The molecule has 0 spiro atoms. The Balaban J connectivity index is 2.10. The maximum absolute atomic E-state index is 11.7. The molecule has 1 aromatic carbocycles. The van der Waals surface area contributed by atoms with E-state index in [9.17, 15) is 8.42 Å². The van der Waals surface area contributed by atoms with Crippen LogP contribution in [0.1, 0.15) is 21.4 Å². The highest BCUT2D eigenvalue weighted by molar-refractivity contribution is 7.89. The van der Waals surface area contributed by atoms with Crippen LogP contribution in [-0.4, -0.2) is 29.2 Å². The van der Waals surface area contributed by atoms with E-state index < -0.39 is 9.84 Å². The van der Waals surface area contributed by atoms with Gasteiger partial charge in [0.1, 0.15) is 16.6 Å². The molecule has 0 saturated carbocycles. The van der Waals surface area contributed by atoms with E-state index in [-0.39, 0.29) is 5.75 Å². The number of rotatable bonds is 4. The molecule has 7 heteroatoms. The van der Waals surface area contributed by atoms with Gasteiger partial charge >= 0.3 is 0 Å². The number of fused-ring (bicyclic) bond motifs is 1. The summed E-state index contributed by atoms with van der Waals surface area (Å²) < 4.78 is 25.3. The van der Waals surface area contributed by atoms with Crippen molar-refractivity contribution < 1.29 is 8.42 Å². The van der Waals surface area contributed by atoms with Crippen LogP contribution in [-0.2, 0) is 22.1 Å². The lowest BCUT2D eigenvalue weighted by Crippen LogP contribution is -2.10. The largest absolute Gasteiger partial charge is 0.320 e. The Hall–Kier alpha value is -1.73. The molecule has 0 amide bonds. The molecule has 0 aliphatic heterocycles. The highest BCUT2D eigenvalue weighted by Gasteiger charge is 2.16. The van der Waals surface area contributed by atoms with Crippen LogP contribution in [0.4, 0.5) is 0 Å². The first-order chi connectivity index (χ1) is 10.3. The van der Waals surface area contributed by atoms with Gasteiger partial charge in [-0.05, 0) is 26.0 Å². The predicted molar refractivity (Wildman–Crippen MR) is 89.0 cm³/mol. The van der Waals surface area contributed by atoms with Crippen molar-refractivity contribution >= 4 is 32.2 Å². The van der Waals surface area contributed by atoms with E-state index in [1.54, 1.807) is 11.3 Å². The van der Waals surface area contributed by atoms with Crippen molar-refractivity contribution in [3.05, 3.63) is 45.7 Å². The van der Waals surface area contributed by atoms with Crippen molar-refractivity contribution in [3.8, 4) is 0 Å². The van der Waals surface area contributed by atoms with Crippen LogP contribution in [0.2, 0.25) is 0 Å². The molecule has 22 heavy (non-hydrogen) atoms. The zero-order valence-corrected chi connectivity index (χ0v) is 14.3. The van der Waals surface area contributed by atoms with Crippen LogP contribution in [0.15, 0.2) is 24.3 Å². The molecule has 3 rings (SSSR count). The lowest BCUT2D eigenvalue weighted by molar-refractivity contribution is 0.597. The number of hydrogen-bond donors (Lipinski definition) is 0. The smallest absolute Gasteiger partial charge is 0.154 e. The molecule has 0 bridgehead atoms. The van der Waals surface area contributed by atoms with Crippen molar-refractivity contribution in [2.24, 2.45) is 0 Å². The molecule has 5 nitrogen and oxygen atoms in total. The minimum Gasteiger partial charge on any atom is -0.320 e. The normalized spacial score (nSPS) is 12.1. The van der Waals surface area contributed by atoms with Crippen LogP contribution in [0, 0.1) is 13.8 Å². The predicted octanol–water partition coefficient (Wildman–Crippen LogP) is 2.70. The number of sulfone groups is 1. The van der Waals surface area contributed by atoms with Crippen molar-refractivity contribution in [1.29, 1.82) is 0 Å². The Morgan fingerprint density at radius 1 is 1.18 bits per heavy atom. The molecule has 0 fully saturated rings. The zero-order valence-electron chi connectivity index (χ0n) is 12.7. The van der Waals surface area contributed by atoms with Gasteiger partial charge in [0, 0.05) is 11.1 Å². The maximum atomic E-state index is 11.7. The van der Waals surface area contributed by atoms with E-state index in [1.807, 2.05) is 42.7 Å². The average Bonchev–Trinajstić information content (AvgIpc) is 2.90. The van der Waals surface area contributed by atoms with Crippen molar-refractivity contribution in [1.82, 2.24) is 14.5 Å². The monoisotopic (exact) mass is 335 g/mol. The minimum atomic E-state index is -3.14. The number of thiazole rings is 1. The van der Waals surface area contributed by atoms with Crippen LogP contribution >= 0.6 is 11.3 Å². The molecule has 0 atom stereocenters. The quantitative estimate of drug-likeness (QED) is 0.735. The second kappa shape index (κ2) is 5.48. The molecular weight excluding hydrogens is 318 g/mol. The summed E-state index contributed by atoms with van der Waals surface area (Å²) in [6.45, 7) is 4.57. The standard InChI is InChI=1S/C15H17N3O2S2/c1-10-11(2)21-15(16-10)8-18-13-7-5-4-6-12(13)17-14(18)9-22(3,19)20/h4-7H,8-9H2,1-3H3. The van der Waals surface area contributed by atoms with Crippen LogP contribution < -0.4 is 0 Å². The SMILES string of the molecule is Cc1nc(Cn2c(CS(C)(=O)=O)nc3ccccc32)sc1C. The first kappa shape index (κ1) is 15.2. The molecule has 2 heterocycles. The molecule has 0 unspecified atom stereocenters. The van der Waals surface area contributed by atoms with Gasteiger partial charge in [-0.2, -0.15) is 0 Å². The summed E-state index contributed by atoms with van der Waals surface area (Å²) in [5.41, 5.74) is 2.77. The van der Waals surface area contributed by atoms with E-state index in [4.69, 9.17) is 0 Å². The van der Waals surface area contributed by atoms with Gasteiger partial charge in [0.25, 0.3) is 0 Å². The summed E-state index contributed by atoms with van der Waals surface area (Å²) in [6.07, 6.45) is 1.23. The van der Waals surface area contributed by atoms with Gasteiger partial charge in [-0.1, -0.05) is 12.1 Å². The molecular formula is C15H17N3O2S2. The molecule has 0 radical (unpaired) electrons. The lowest BCUT2D eigenvalue weighted by atomic mass is 10.3. The highest BCUT2D eigenvalue weighted by Crippen LogP contribution is 2.22. The van der Waals surface area contributed by atoms with E-state index >= 15 is 0 Å². The van der Waals surface area contributed by atoms with Gasteiger partial charge in [0.15, 0.2) is 9.84 Å². The fourth-order valence-corrected chi connectivity index (χ4v) is 4.00. The van der Waals surface area contributed by atoms with E-state index in [2.05, 4.69) is 9.97 Å². The lowest BCUT2D eigenvalue weighted by Gasteiger charge is -2.06. The summed E-state index contributed by atoms with van der Waals surface area (Å²) in [5.74, 6) is 0.500. The van der Waals surface area contributed by atoms with Gasteiger partial charge in [-0.15, -0.1) is 11.3 Å². The molecule has 2 aromatic heterocycles. The number of benzene rings is 1. The summed E-state index contributed by atoms with van der Waals surface area (Å²) >= 11 is 1.64. The van der Waals surface area contributed by atoms with Crippen molar-refractivity contribution in [2.75, 3.05) is 6.26 Å². The highest BCUT2D eigenvalue weighted by atomic mass is 32.2. The van der Waals surface area contributed by atoms with E-state index in [0.717, 1.165) is 21.7 Å². The van der Waals surface area contributed by atoms with Crippen LogP contribution in [0.5, 0.6) is 0 Å². The first-order valence-corrected chi connectivity index (χ1v) is 9.76. The third-order valence-corrected chi connectivity index (χ3v) is 5.33. The number of aryl methyl sites for hydroxylation is 2.